The predicted octanol–water partition coefficient (Wildman–Crippen LogP) is 0.768. The average Bonchev–Trinajstić information content (AvgIpc) is 2.94. The van der Waals surface area contributed by atoms with Crippen LogP contribution in [0.4, 0.5) is 0 Å². The third-order valence-corrected chi connectivity index (χ3v) is 3.68. The Morgan fingerprint density at radius 2 is 2.05 bits per heavy atom. The summed E-state index contributed by atoms with van der Waals surface area (Å²) in [5.74, 6) is -0.605. The number of hydrogen-bond donors (Lipinski definition) is 2. The van der Waals surface area contributed by atoms with Crippen molar-refractivity contribution in [2.45, 2.75) is 24.9 Å². The van der Waals surface area contributed by atoms with Crippen LogP contribution in [0.3, 0.4) is 0 Å². The van der Waals surface area contributed by atoms with Gasteiger partial charge < -0.3 is 20.5 Å². The minimum atomic E-state index is -0.944. The van der Waals surface area contributed by atoms with E-state index in [0.29, 0.717) is 18.6 Å². The van der Waals surface area contributed by atoms with Gasteiger partial charge in [-0.15, -0.1) is 0 Å². The van der Waals surface area contributed by atoms with E-state index in [1.807, 2.05) is 6.92 Å². The zero-order valence-corrected chi connectivity index (χ0v) is 12.2. The highest BCUT2D eigenvalue weighted by molar-refractivity contribution is 5.89. The van der Waals surface area contributed by atoms with Gasteiger partial charge in [0.15, 0.2) is 0 Å². The molecule has 1 aliphatic heterocycles. The van der Waals surface area contributed by atoms with Gasteiger partial charge in [0.2, 0.25) is 5.91 Å². The topological polar surface area (TPSA) is 90.7 Å². The molecule has 21 heavy (non-hydrogen) atoms. The molecule has 3 N–H and O–H groups in total. The Bertz CT molecular complexity index is 521. The number of benzene rings is 1. The summed E-state index contributed by atoms with van der Waals surface area (Å²) in [6, 6.07) is 6.70. The molecule has 1 aromatic carbocycles. The van der Waals surface area contributed by atoms with Crippen molar-refractivity contribution in [2.75, 3.05) is 20.3 Å². The van der Waals surface area contributed by atoms with Crippen molar-refractivity contribution in [1.82, 2.24) is 5.32 Å². The van der Waals surface area contributed by atoms with Gasteiger partial charge in [-0.05, 0) is 31.0 Å². The van der Waals surface area contributed by atoms with E-state index in [-0.39, 0.29) is 24.5 Å². The summed E-state index contributed by atoms with van der Waals surface area (Å²) in [5, 5.41) is 2.88. The van der Waals surface area contributed by atoms with Crippen molar-refractivity contribution in [3.8, 4) is 0 Å². The van der Waals surface area contributed by atoms with Crippen molar-refractivity contribution in [2.24, 2.45) is 5.73 Å². The maximum absolute atomic E-state index is 12.2. The lowest BCUT2D eigenvalue weighted by Crippen LogP contribution is -2.54. The summed E-state index contributed by atoms with van der Waals surface area (Å²) in [5.41, 5.74) is 6.43. The summed E-state index contributed by atoms with van der Waals surface area (Å²) in [7, 11) is 1.34. The quantitative estimate of drug-likeness (QED) is 0.800. The fourth-order valence-electron chi connectivity index (χ4n) is 2.21. The predicted molar refractivity (Wildman–Crippen MR) is 76.7 cm³/mol. The van der Waals surface area contributed by atoms with Crippen molar-refractivity contribution in [1.29, 1.82) is 0 Å². The van der Waals surface area contributed by atoms with E-state index < -0.39 is 5.54 Å². The van der Waals surface area contributed by atoms with Crippen molar-refractivity contribution < 1.29 is 19.1 Å². The minimum absolute atomic E-state index is 0.203. The zero-order chi connectivity index (χ0) is 15.5. The summed E-state index contributed by atoms with van der Waals surface area (Å²) >= 11 is 0. The third-order valence-electron chi connectivity index (χ3n) is 3.68. The first-order valence-corrected chi connectivity index (χ1v) is 6.82. The van der Waals surface area contributed by atoms with Crippen LogP contribution >= 0.6 is 0 Å². The van der Waals surface area contributed by atoms with E-state index in [9.17, 15) is 9.59 Å². The number of carbonyl (C=O) groups excluding carboxylic acids is 2. The van der Waals surface area contributed by atoms with Gasteiger partial charge in [0.25, 0.3) is 0 Å². The average molecular weight is 292 g/mol. The summed E-state index contributed by atoms with van der Waals surface area (Å²) < 4.78 is 9.83. The molecule has 114 valence electrons. The molecule has 1 heterocycles. The summed E-state index contributed by atoms with van der Waals surface area (Å²) in [4.78, 5) is 23.5. The Morgan fingerprint density at radius 3 is 2.57 bits per heavy atom. The highest BCUT2D eigenvalue weighted by Crippen LogP contribution is 2.19. The molecule has 1 aromatic rings. The van der Waals surface area contributed by atoms with Crippen LogP contribution in [0, 0.1) is 0 Å². The SMILES string of the molecule is COC(=O)c1ccc([C@H](C)NC(=O)C2(N)CCOC2)cc1. The van der Waals surface area contributed by atoms with Crippen LogP contribution in [0.2, 0.25) is 0 Å². The number of methoxy groups -OCH3 is 1. The number of rotatable bonds is 4. The Kier molecular flexibility index (Phi) is 4.59. The molecule has 0 saturated carbocycles. The molecule has 2 atom stereocenters. The molecule has 0 aliphatic carbocycles. The number of nitrogens with one attached hydrogen (secondary N) is 1. The molecule has 2 rings (SSSR count). The molecule has 0 aromatic heterocycles. The van der Waals surface area contributed by atoms with Gasteiger partial charge in [-0.2, -0.15) is 0 Å². The van der Waals surface area contributed by atoms with Crippen molar-refractivity contribution in [3.63, 3.8) is 0 Å². The second-order valence-electron chi connectivity index (χ2n) is 5.27. The van der Waals surface area contributed by atoms with Crippen LogP contribution in [0.1, 0.15) is 35.3 Å². The number of ether oxygens (including phenoxy) is 2. The molecular weight excluding hydrogens is 272 g/mol. The second-order valence-corrected chi connectivity index (χ2v) is 5.27. The lowest BCUT2D eigenvalue weighted by atomic mass is 9.98. The standard InChI is InChI=1S/C15H20N2O4/c1-10(17-14(19)15(16)7-8-21-9-15)11-3-5-12(6-4-11)13(18)20-2/h3-6,10H,7-9,16H2,1-2H3,(H,17,19)/t10-,15?/m0/s1. The largest absolute Gasteiger partial charge is 0.465 e. The Morgan fingerprint density at radius 1 is 1.38 bits per heavy atom. The number of esters is 1. The van der Waals surface area contributed by atoms with Gasteiger partial charge in [-0.25, -0.2) is 4.79 Å². The molecule has 1 saturated heterocycles. The maximum Gasteiger partial charge on any atom is 0.337 e. The van der Waals surface area contributed by atoms with E-state index >= 15 is 0 Å². The fourth-order valence-corrected chi connectivity index (χ4v) is 2.21. The van der Waals surface area contributed by atoms with Gasteiger partial charge in [-0.1, -0.05) is 12.1 Å². The van der Waals surface area contributed by atoms with Crippen LogP contribution in [-0.2, 0) is 14.3 Å². The minimum Gasteiger partial charge on any atom is -0.465 e. The second kappa shape index (κ2) is 6.24. The van der Waals surface area contributed by atoms with E-state index in [0.717, 1.165) is 5.56 Å². The Labute approximate surface area is 123 Å². The molecular formula is C15H20N2O4. The van der Waals surface area contributed by atoms with Crippen LogP contribution < -0.4 is 11.1 Å². The van der Waals surface area contributed by atoms with Crippen molar-refractivity contribution in [3.05, 3.63) is 35.4 Å². The molecule has 1 amide bonds. The van der Waals surface area contributed by atoms with Gasteiger partial charge in [0.1, 0.15) is 5.54 Å². The highest BCUT2D eigenvalue weighted by atomic mass is 16.5. The number of nitrogens with two attached hydrogens (primary N) is 1. The van der Waals surface area contributed by atoms with E-state index in [2.05, 4.69) is 10.1 Å². The number of hydrogen-bond acceptors (Lipinski definition) is 5. The molecule has 0 spiro atoms. The van der Waals surface area contributed by atoms with Gasteiger partial charge in [0.05, 0.1) is 25.3 Å². The van der Waals surface area contributed by atoms with Crippen LogP contribution in [-0.4, -0.2) is 37.7 Å². The van der Waals surface area contributed by atoms with Gasteiger partial charge in [-0.3, -0.25) is 4.79 Å². The zero-order valence-electron chi connectivity index (χ0n) is 12.2. The molecule has 1 fully saturated rings. The van der Waals surface area contributed by atoms with Gasteiger partial charge >= 0.3 is 5.97 Å². The first-order valence-electron chi connectivity index (χ1n) is 6.82. The number of amides is 1. The monoisotopic (exact) mass is 292 g/mol. The Hall–Kier alpha value is -1.92. The molecule has 0 radical (unpaired) electrons. The maximum atomic E-state index is 12.2. The molecule has 6 heteroatoms. The number of carbonyl (C=O) groups is 2. The summed E-state index contributed by atoms with van der Waals surface area (Å²) in [6.07, 6.45) is 0.521. The lowest BCUT2D eigenvalue weighted by molar-refractivity contribution is -0.127. The smallest absolute Gasteiger partial charge is 0.337 e. The molecule has 1 unspecified atom stereocenters. The molecule has 1 aliphatic rings. The fraction of sp³-hybridized carbons (Fsp3) is 0.467. The van der Waals surface area contributed by atoms with Crippen LogP contribution in [0.5, 0.6) is 0 Å². The highest BCUT2D eigenvalue weighted by Gasteiger charge is 2.38. The first-order chi connectivity index (χ1) is 9.96. The van der Waals surface area contributed by atoms with E-state index in [4.69, 9.17) is 10.5 Å². The lowest BCUT2D eigenvalue weighted by Gasteiger charge is -2.24. The van der Waals surface area contributed by atoms with Crippen LogP contribution in [0.15, 0.2) is 24.3 Å². The normalized spacial score (nSPS) is 22.6. The van der Waals surface area contributed by atoms with Crippen LogP contribution in [0.25, 0.3) is 0 Å². The van der Waals surface area contributed by atoms with Gasteiger partial charge in [0, 0.05) is 6.61 Å². The molecule has 6 nitrogen and oxygen atoms in total. The third kappa shape index (κ3) is 3.40. The summed E-state index contributed by atoms with van der Waals surface area (Å²) in [6.45, 7) is 2.61. The first kappa shape index (κ1) is 15.5. The van der Waals surface area contributed by atoms with E-state index in [1.165, 1.54) is 7.11 Å². The Balaban J connectivity index is 2.01. The molecule has 0 bridgehead atoms. The van der Waals surface area contributed by atoms with E-state index in [1.54, 1.807) is 24.3 Å². The van der Waals surface area contributed by atoms with Crippen molar-refractivity contribution >= 4 is 11.9 Å².